The van der Waals surface area contributed by atoms with Crippen molar-refractivity contribution in [3.05, 3.63) is 89.8 Å². The van der Waals surface area contributed by atoms with Crippen LogP contribution in [-0.4, -0.2) is 37.1 Å². The third-order valence-corrected chi connectivity index (χ3v) is 7.60. The van der Waals surface area contributed by atoms with E-state index in [4.69, 9.17) is 0 Å². The van der Waals surface area contributed by atoms with Crippen molar-refractivity contribution in [1.82, 2.24) is 4.98 Å². The summed E-state index contributed by atoms with van der Waals surface area (Å²) in [5.41, 5.74) is 4.82. The molecule has 0 radical (unpaired) electrons. The van der Waals surface area contributed by atoms with Gasteiger partial charge >= 0.3 is 59.1 Å². The van der Waals surface area contributed by atoms with Gasteiger partial charge in [0.25, 0.3) is 0 Å². The summed E-state index contributed by atoms with van der Waals surface area (Å²) in [4.78, 5) is 8.61. The van der Waals surface area contributed by atoms with Crippen molar-refractivity contribution in [1.29, 1.82) is 0 Å². The van der Waals surface area contributed by atoms with Crippen molar-refractivity contribution in [3.63, 3.8) is 0 Å². The van der Waals surface area contributed by atoms with Gasteiger partial charge in [-0.3, -0.25) is 9.98 Å². The molecule has 172 valence electrons. The van der Waals surface area contributed by atoms with Gasteiger partial charge in [0.1, 0.15) is 26.3 Å². The Bertz CT molecular complexity index is 1600. The summed E-state index contributed by atoms with van der Waals surface area (Å²) in [6.07, 6.45) is 9.12. The number of allylic oxidation sites excluding steroid dienone is 1. The molecule has 12 heteroatoms. The Morgan fingerprint density at radius 3 is 1.86 bits per heavy atom. The predicted molar refractivity (Wildman–Crippen MR) is 124 cm³/mol. The van der Waals surface area contributed by atoms with Crippen molar-refractivity contribution in [2.45, 2.75) is 15.8 Å². The van der Waals surface area contributed by atoms with E-state index >= 15 is 0 Å². The standard InChI is InChI=1S/C24H18N2O6S2.2Na/c27-33(28,29)17-5-1-15(2-6-17)19-11-13-25-23-21(19)9-10-22-20(12-14-26-24(22)23)16-3-7-18(8-4-16)34(30,31)32;;/h1-14,21,23H,(H,27,28,29)(H,30,31,32);;/q;2*+1/p-2. The Labute approximate surface area is 253 Å². The normalized spacial score (nSPS) is 18.2. The summed E-state index contributed by atoms with van der Waals surface area (Å²) in [6.45, 7) is 0. The molecule has 0 fully saturated rings. The van der Waals surface area contributed by atoms with E-state index in [0.717, 1.165) is 33.5 Å². The van der Waals surface area contributed by atoms with Crippen LogP contribution in [0.4, 0.5) is 0 Å². The summed E-state index contributed by atoms with van der Waals surface area (Å²) in [7, 11) is -9.06. The van der Waals surface area contributed by atoms with Crippen molar-refractivity contribution >= 4 is 38.1 Å². The predicted octanol–water partition coefficient (Wildman–Crippen LogP) is -2.58. The van der Waals surface area contributed by atoms with Gasteiger partial charge < -0.3 is 9.11 Å². The number of hydrogen-bond donors (Lipinski definition) is 0. The molecule has 0 amide bonds. The maximum absolute atomic E-state index is 11.2. The van der Waals surface area contributed by atoms with E-state index < -0.39 is 20.2 Å². The number of dihydropyridines is 1. The molecule has 3 aromatic rings. The minimum absolute atomic E-state index is 0. The third kappa shape index (κ3) is 5.68. The Kier molecular flexibility index (Phi) is 9.00. The number of aliphatic imine (C=N–C) groups is 1. The number of pyridine rings is 1. The number of nitrogens with zero attached hydrogens (tertiary/aromatic N) is 2. The SMILES string of the molecule is O=S(=O)([O-])c1ccc(C2=CC=NC3c4nccc(-c5ccc(S(=O)(=O)[O-])cc5)c4C=CC23)cc1.[Na+].[Na+]. The van der Waals surface area contributed by atoms with Crippen LogP contribution in [0, 0.1) is 5.92 Å². The summed E-state index contributed by atoms with van der Waals surface area (Å²) in [5, 5.41) is 0. The summed E-state index contributed by atoms with van der Waals surface area (Å²) in [6, 6.07) is 13.0. The topological polar surface area (TPSA) is 140 Å². The molecule has 1 aliphatic carbocycles. The summed E-state index contributed by atoms with van der Waals surface area (Å²) < 4.78 is 67.5. The Balaban J connectivity index is 0.00000180. The average Bonchev–Trinajstić information content (AvgIpc) is 2.82. The molecule has 0 spiro atoms. The van der Waals surface area contributed by atoms with Crippen molar-refractivity contribution in [3.8, 4) is 11.1 Å². The maximum atomic E-state index is 11.2. The van der Waals surface area contributed by atoms with E-state index in [1.807, 2.05) is 24.3 Å². The smallest absolute Gasteiger partial charge is 0.744 e. The van der Waals surface area contributed by atoms with E-state index in [1.165, 1.54) is 24.3 Å². The molecular weight excluding hydrogens is 522 g/mol. The van der Waals surface area contributed by atoms with Crippen LogP contribution in [0.15, 0.2) is 87.7 Å². The fourth-order valence-electron chi connectivity index (χ4n) is 4.30. The minimum atomic E-state index is -4.53. The third-order valence-electron chi connectivity index (χ3n) is 5.90. The van der Waals surface area contributed by atoms with Gasteiger partial charge in [0.15, 0.2) is 0 Å². The maximum Gasteiger partial charge on any atom is 1.00 e. The van der Waals surface area contributed by atoms with Crippen LogP contribution in [0.5, 0.6) is 0 Å². The molecule has 1 aliphatic heterocycles. The van der Waals surface area contributed by atoms with Gasteiger partial charge in [-0.1, -0.05) is 36.4 Å². The molecule has 0 saturated carbocycles. The van der Waals surface area contributed by atoms with Crippen molar-refractivity contribution in [2.24, 2.45) is 10.9 Å². The minimum Gasteiger partial charge on any atom is -0.744 e. The quantitative estimate of drug-likeness (QED) is 0.263. The molecule has 2 aromatic carbocycles. The molecule has 2 heterocycles. The second kappa shape index (κ2) is 11.1. The van der Waals surface area contributed by atoms with Crippen LogP contribution in [-0.2, 0) is 20.2 Å². The molecule has 2 atom stereocenters. The Morgan fingerprint density at radius 2 is 1.31 bits per heavy atom. The molecule has 2 aliphatic rings. The molecule has 0 bridgehead atoms. The van der Waals surface area contributed by atoms with Gasteiger partial charge in [-0.05, 0) is 58.7 Å². The van der Waals surface area contributed by atoms with Crippen LogP contribution in [0.1, 0.15) is 22.9 Å². The molecule has 8 nitrogen and oxygen atoms in total. The first-order valence-corrected chi connectivity index (χ1v) is 13.0. The van der Waals surface area contributed by atoms with Gasteiger partial charge in [0.2, 0.25) is 0 Å². The molecule has 5 rings (SSSR count). The van der Waals surface area contributed by atoms with Crippen LogP contribution >= 0.6 is 0 Å². The molecule has 0 saturated heterocycles. The first-order valence-electron chi connectivity index (χ1n) is 10.2. The van der Waals surface area contributed by atoms with Gasteiger partial charge in [-0.2, -0.15) is 0 Å². The molecule has 2 unspecified atom stereocenters. The Morgan fingerprint density at radius 1 is 0.750 bits per heavy atom. The monoisotopic (exact) mass is 538 g/mol. The van der Waals surface area contributed by atoms with Crippen LogP contribution < -0.4 is 59.1 Å². The van der Waals surface area contributed by atoms with Gasteiger partial charge in [-0.15, -0.1) is 0 Å². The van der Waals surface area contributed by atoms with E-state index in [1.54, 1.807) is 36.7 Å². The van der Waals surface area contributed by atoms with Crippen LogP contribution in [0.25, 0.3) is 22.8 Å². The fourth-order valence-corrected chi connectivity index (χ4v) is 5.23. The van der Waals surface area contributed by atoms with Crippen LogP contribution in [0.3, 0.4) is 0 Å². The van der Waals surface area contributed by atoms with E-state index in [9.17, 15) is 25.9 Å². The zero-order valence-corrected chi connectivity index (χ0v) is 25.0. The van der Waals surface area contributed by atoms with E-state index in [-0.39, 0.29) is 80.9 Å². The number of aromatic nitrogens is 1. The summed E-state index contributed by atoms with van der Waals surface area (Å²) >= 11 is 0. The van der Waals surface area contributed by atoms with Gasteiger partial charge in [0.05, 0.1) is 15.5 Å². The van der Waals surface area contributed by atoms with E-state index in [2.05, 4.69) is 9.98 Å². The zero-order valence-electron chi connectivity index (χ0n) is 19.4. The first-order chi connectivity index (χ1) is 16.1. The Hall–Kier alpha value is -1.44. The fraction of sp³-hybridized carbons (Fsp3) is 0.0833. The molecule has 1 aromatic heterocycles. The van der Waals surface area contributed by atoms with Gasteiger partial charge in [0, 0.05) is 23.9 Å². The summed E-state index contributed by atoms with van der Waals surface area (Å²) in [5.74, 6) is -0.150. The van der Waals surface area contributed by atoms with Crippen molar-refractivity contribution < 1.29 is 85.1 Å². The first kappa shape index (κ1) is 29.1. The molecular formula is C24H16N2Na2O6S2. The number of benzene rings is 2. The average molecular weight is 539 g/mol. The number of fused-ring (bicyclic) bond motifs is 3. The van der Waals surface area contributed by atoms with E-state index in [0.29, 0.717) is 0 Å². The molecule has 36 heavy (non-hydrogen) atoms. The largest absolute Gasteiger partial charge is 1.00 e. The number of hydrogen-bond acceptors (Lipinski definition) is 8. The van der Waals surface area contributed by atoms with Gasteiger partial charge in [-0.25, -0.2) is 16.8 Å². The second-order valence-corrected chi connectivity index (χ2v) is 10.6. The second-order valence-electron chi connectivity index (χ2n) is 7.86. The number of rotatable bonds is 4. The molecule has 0 N–H and O–H groups in total. The zero-order chi connectivity index (χ0) is 24.1. The van der Waals surface area contributed by atoms with Crippen molar-refractivity contribution in [2.75, 3.05) is 0 Å². The van der Waals surface area contributed by atoms with Crippen LogP contribution in [0.2, 0.25) is 0 Å².